The quantitative estimate of drug-likeness (QED) is 0.704. The second-order valence-electron chi connectivity index (χ2n) is 6.93. The Kier molecular flexibility index (Phi) is 5.56. The number of carbonyl (C=O) groups excluding carboxylic acids is 2. The van der Waals surface area contributed by atoms with Crippen molar-refractivity contribution in [1.82, 2.24) is 5.32 Å². The number of anilines is 1. The number of nitrogens with zero attached hydrogens (tertiary/aromatic N) is 1. The summed E-state index contributed by atoms with van der Waals surface area (Å²) in [5.74, 6) is 0.486. The maximum atomic E-state index is 12.5. The Morgan fingerprint density at radius 1 is 0.931 bits per heavy atom. The first-order chi connectivity index (χ1) is 14.2. The molecule has 3 aromatic carbocycles. The number of hydrogen-bond donors (Lipinski definition) is 1. The molecule has 0 saturated heterocycles. The van der Waals surface area contributed by atoms with E-state index in [2.05, 4.69) is 5.32 Å². The Morgan fingerprint density at radius 2 is 1.69 bits per heavy atom. The Labute approximate surface area is 169 Å². The molecule has 1 heterocycles. The van der Waals surface area contributed by atoms with E-state index in [9.17, 15) is 9.59 Å². The molecular weight excluding hydrogens is 364 g/mol. The van der Waals surface area contributed by atoms with Gasteiger partial charge in [0, 0.05) is 12.1 Å². The standard InChI is InChI=1S/C24H22N2O3/c27-23-17-29-22-12-5-4-11-21(22)26(23)16-19-9-6-10-20(15-19)24(28)25-14-13-18-7-2-1-3-8-18/h1-12,15H,13-14,16-17H2,(H,25,28). The van der Waals surface area contributed by atoms with Crippen LogP contribution >= 0.6 is 0 Å². The number of amides is 2. The van der Waals surface area contributed by atoms with Gasteiger partial charge in [0.1, 0.15) is 5.75 Å². The number of ether oxygens (including phenoxy) is 1. The third kappa shape index (κ3) is 4.46. The number of fused-ring (bicyclic) bond motifs is 1. The molecule has 1 aliphatic heterocycles. The number of nitrogens with one attached hydrogen (secondary N) is 1. The molecule has 0 aromatic heterocycles. The zero-order valence-corrected chi connectivity index (χ0v) is 16.0. The summed E-state index contributed by atoms with van der Waals surface area (Å²) >= 11 is 0. The summed E-state index contributed by atoms with van der Waals surface area (Å²) in [7, 11) is 0. The highest BCUT2D eigenvalue weighted by Crippen LogP contribution is 2.32. The predicted octanol–water partition coefficient (Wildman–Crippen LogP) is 3.58. The molecule has 0 spiro atoms. The summed E-state index contributed by atoms with van der Waals surface area (Å²) in [4.78, 5) is 26.6. The maximum absolute atomic E-state index is 12.5. The molecule has 0 saturated carbocycles. The molecule has 0 radical (unpaired) electrons. The largest absolute Gasteiger partial charge is 0.482 e. The normalized spacial score (nSPS) is 12.8. The summed E-state index contributed by atoms with van der Waals surface area (Å²) in [5.41, 5.74) is 3.42. The van der Waals surface area contributed by atoms with Crippen molar-refractivity contribution in [3.63, 3.8) is 0 Å². The summed E-state index contributed by atoms with van der Waals surface area (Å²) in [5, 5.41) is 2.96. The molecule has 5 nitrogen and oxygen atoms in total. The van der Waals surface area contributed by atoms with Crippen LogP contribution in [0.1, 0.15) is 21.5 Å². The minimum atomic E-state index is -0.114. The zero-order valence-electron chi connectivity index (χ0n) is 16.0. The smallest absolute Gasteiger partial charge is 0.265 e. The molecule has 0 bridgehead atoms. The average Bonchev–Trinajstić information content (AvgIpc) is 2.77. The van der Waals surface area contributed by atoms with Crippen molar-refractivity contribution in [2.24, 2.45) is 0 Å². The lowest BCUT2D eigenvalue weighted by molar-refractivity contribution is -0.121. The van der Waals surface area contributed by atoms with E-state index in [1.807, 2.05) is 72.8 Å². The van der Waals surface area contributed by atoms with Crippen LogP contribution in [0, 0.1) is 0 Å². The molecule has 0 atom stereocenters. The molecule has 29 heavy (non-hydrogen) atoms. The average molecular weight is 386 g/mol. The fourth-order valence-corrected chi connectivity index (χ4v) is 3.39. The van der Waals surface area contributed by atoms with Gasteiger partial charge in [-0.05, 0) is 41.8 Å². The molecule has 1 N–H and O–H groups in total. The zero-order chi connectivity index (χ0) is 20.1. The van der Waals surface area contributed by atoms with Crippen molar-refractivity contribution in [2.75, 3.05) is 18.1 Å². The van der Waals surface area contributed by atoms with E-state index in [1.165, 1.54) is 5.56 Å². The van der Waals surface area contributed by atoms with Gasteiger partial charge in [0.2, 0.25) is 0 Å². The van der Waals surface area contributed by atoms with E-state index >= 15 is 0 Å². The number of para-hydroxylation sites is 2. The van der Waals surface area contributed by atoms with Crippen LogP contribution in [0.2, 0.25) is 0 Å². The summed E-state index contributed by atoms with van der Waals surface area (Å²) in [6.45, 7) is 0.990. The Balaban J connectivity index is 1.42. The van der Waals surface area contributed by atoms with E-state index in [0.29, 0.717) is 24.4 Å². The second kappa shape index (κ2) is 8.61. The molecule has 2 amide bonds. The van der Waals surface area contributed by atoms with Crippen molar-refractivity contribution in [3.8, 4) is 5.75 Å². The van der Waals surface area contributed by atoms with Gasteiger partial charge in [-0.15, -0.1) is 0 Å². The summed E-state index contributed by atoms with van der Waals surface area (Å²) < 4.78 is 5.49. The van der Waals surface area contributed by atoms with Gasteiger partial charge in [0.05, 0.1) is 12.2 Å². The minimum absolute atomic E-state index is 0.0245. The van der Waals surface area contributed by atoms with E-state index < -0.39 is 0 Å². The van der Waals surface area contributed by atoms with Crippen molar-refractivity contribution in [3.05, 3.63) is 95.6 Å². The van der Waals surface area contributed by atoms with Crippen LogP contribution in [0.15, 0.2) is 78.9 Å². The summed E-state index contributed by atoms with van der Waals surface area (Å²) in [6, 6.07) is 24.9. The van der Waals surface area contributed by atoms with Crippen LogP contribution in [-0.2, 0) is 17.8 Å². The Hall–Kier alpha value is -3.60. The minimum Gasteiger partial charge on any atom is -0.482 e. The maximum Gasteiger partial charge on any atom is 0.265 e. The van der Waals surface area contributed by atoms with E-state index in [0.717, 1.165) is 17.7 Å². The van der Waals surface area contributed by atoms with Crippen molar-refractivity contribution >= 4 is 17.5 Å². The van der Waals surface area contributed by atoms with Gasteiger partial charge < -0.3 is 15.0 Å². The highest BCUT2D eigenvalue weighted by Gasteiger charge is 2.25. The van der Waals surface area contributed by atoms with Gasteiger partial charge >= 0.3 is 0 Å². The third-order valence-corrected chi connectivity index (χ3v) is 4.88. The monoisotopic (exact) mass is 386 g/mol. The van der Waals surface area contributed by atoms with Crippen LogP contribution in [0.5, 0.6) is 5.75 Å². The number of hydrogen-bond acceptors (Lipinski definition) is 3. The Bertz CT molecular complexity index is 1020. The number of benzene rings is 3. The molecule has 0 fully saturated rings. The first kappa shape index (κ1) is 18.7. The van der Waals surface area contributed by atoms with Crippen LogP contribution in [-0.4, -0.2) is 25.0 Å². The van der Waals surface area contributed by atoms with Crippen molar-refractivity contribution in [1.29, 1.82) is 0 Å². The van der Waals surface area contributed by atoms with Gasteiger partial charge in [0.15, 0.2) is 6.61 Å². The molecule has 4 rings (SSSR count). The van der Waals surface area contributed by atoms with Gasteiger partial charge in [-0.3, -0.25) is 9.59 Å². The number of rotatable bonds is 6. The predicted molar refractivity (Wildman–Crippen MR) is 112 cm³/mol. The van der Waals surface area contributed by atoms with Crippen LogP contribution in [0.4, 0.5) is 5.69 Å². The second-order valence-corrected chi connectivity index (χ2v) is 6.93. The molecular formula is C24H22N2O3. The first-order valence-electron chi connectivity index (χ1n) is 9.64. The molecule has 0 unspecified atom stereocenters. The lowest BCUT2D eigenvalue weighted by atomic mass is 10.1. The van der Waals surface area contributed by atoms with Gasteiger partial charge in [-0.1, -0.05) is 54.6 Å². The topological polar surface area (TPSA) is 58.6 Å². The van der Waals surface area contributed by atoms with E-state index in [1.54, 1.807) is 11.0 Å². The number of carbonyl (C=O) groups is 2. The van der Waals surface area contributed by atoms with E-state index in [-0.39, 0.29) is 18.4 Å². The highest BCUT2D eigenvalue weighted by atomic mass is 16.5. The fourth-order valence-electron chi connectivity index (χ4n) is 3.39. The van der Waals surface area contributed by atoms with Crippen LogP contribution in [0.3, 0.4) is 0 Å². The highest BCUT2D eigenvalue weighted by molar-refractivity contribution is 5.98. The molecule has 0 aliphatic carbocycles. The third-order valence-electron chi connectivity index (χ3n) is 4.88. The molecule has 3 aromatic rings. The van der Waals surface area contributed by atoms with Gasteiger partial charge in [0.25, 0.3) is 11.8 Å². The molecule has 146 valence electrons. The van der Waals surface area contributed by atoms with Crippen LogP contribution < -0.4 is 15.0 Å². The fraction of sp³-hybridized carbons (Fsp3) is 0.167. The Morgan fingerprint density at radius 3 is 2.55 bits per heavy atom. The lowest BCUT2D eigenvalue weighted by Gasteiger charge is -2.29. The first-order valence-corrected chi connectivity index (χ1v) is 9.64. The molecule has 1 aliphatic rings. The lowest BCUT2D eigenvalue weighted by Crippen LogP contribution is -2.38. The van der Waals surface area contributed by atoms with Crippen molar-refractivity contribution in [2.45, 2.75) is 13.0 Å². The summed E-state index contributed by atoms with van der Waals surface area (Å²) in [6.07, 6.45) is 0.783. The van der Waals surface area contributed by atoms with Gasteiger partial charge in [-0.25, -0.2) is 0 Å². The van der Waals surface area contributed by atoms with Crippen molar-refractivity contribution < 1.29 is 14.3 Å². The van der Waals surface area contributed by atoms with E-state index in [4.69, 9.17) is 4.74 Å². The van der Waals surface area contributed by atoms with Crippen LogP contribution in [0.25, 0.3) is 0 Å². The SMILES string of the molecule is O=C(NCCc1ccccc1)c1cccc(CN2C(=O)COc3ccccc32)c1. The molecule has 5 heteroatoms. The van der Waals surface area contributed by atoms with Gasteiger partial charge in [-0.2, -0.15) is 0 Å².